The fraction of sp³-hybridized carbons (Fsp3) is 0.400. The minimum Gasteiger partial charge on any atom is -0.326 e. The molecular formula is C10H12F3N. The molecule has 0 spiro atoms. The van der Waals surface area contributed by atoms with Gasteiger partial charge in [-0.25, -0.2) is 0 Å². The van der Waals surface area contributed by atoms with Gasteiger partial charge in [0.05, 0.1) is 5.92 Å². The highest BCUT2D eigenvalue weighted by Gasteiger charge is 2.37. The summed E-state index contributed by atoms with van der Waals surface area (Å²) in [6, 6.07) is 6.38. The van der Waals surface area contributed by atoms with E-state index in [0.717, 1.165) is 6.92 Å². The molecule has 0 amide bonds. The van der Waals surface area contributed by atoms with Gasteiger partial charge in [-0.05, 0) is 18.1 Å². The maximum absolute atomic E-state index is 12.4. The summed E-state index contributed by atoms with van der Waals surface area (Å²) in [5.41, 5.74) is 6.18. The van der Waals surface area contributed by atoms with Gasteiger partial charge in [0.2, 0.25) is 0 Å². The second-order valence-corrected chi connectivity index (χ2v) is 3.17. The molecule has 0 aliphatic rings. The molecular weight excluding hydrogens is 191 g/mol. The van der Waals surface area contributed by atoms with Crippen molar-refractivity contribution in [1.29, 1.82) is 0 Å². The molecule has 0 bridgehead atoms. The van der Waals surface area contributed by atoms with Crippen LogP contribution in [0.5, 0.6) is 0 Å². The number of rotatable bonds is 2. The summed E-state index contributed by atoms with van der Waals surface area (Å²) in [6.07, 6.45) is -4.20. The minimum absolute atomic E-state index is 0.136. The highest BCUT2D eigenvalue weighted by atomic mass is 19.4. The van der Waals surface area contributed by atoms with Gasteiger partial charge in [0.15, 0.2) is 0 Å². The molecule has 2 N–H and O–H groups in total. The molecule has 14 heavy (non-hydrogen) atoms. The first-order valence-corrected chi connectivity index (χ1v) is 4.31. The lowest BCUT2D eigenvalue weighted by atomic mass is 9.95. The molecule has 0 aliphatic heterocycles. The van der Waals surface area contributed by atoms with Gasteiger partial charge >= 0.3 is 6.18 Å². The summed E-state index contributed by atoms with van der Waals surface area (Å²) < 4.78 is 37.2. The number of alkyl halides is 3. The molecule has 0 saturated carbocycles. The Morgan fingerprint density at radius 3 is 2.36 bits per heavy atom. The Kier molecular flexibility index (Phi) is 3.16. The van der Waals surface area contributed by atoms with Crippen molar-refractivity contribution in [2.24, 2.45) is 5.73 Å². The molecule has 1 rings (SSSR count). The van der Waals surface area contributed by atoms with Crippen molar-refractivity contribution in [1.82, 2.24) is 0 Å². The van der Waals surface area contributed by atoms with Crippen molar-refractivity contribution in [3.05, 3.63) is 35.4 Å². The van der Waals surface area contributed by atoms with Crippen LogP contribution < -0.4 is 5.73 Å². The van der Waals surface area contributed by atoms with Gasteiger partial charge in [-0.2, -0.15) is 13.2 Å². The Labute approximate surface area is 80.7 Å². The predicted octanol–water partition coefficient (Wildman–Crippen LogP) is 2.81. The molecule has 78 valence electrons. The van der Waals surface area contributed by atoms with Gasteiger partial charge < -0.3 is 5.73 Å². The number of benzene rings is 1. The molecule has 0 aromatic heterocycles. The number of hydrogen-bond donors (Lipinski definition) is 1. The third-order valence-electron chi connectivity index (χ3n) is 2.23. The lowest BCUT2D eigenvalue weighted by Gasteiger charge is -2.18. The van der Waals surface area contributed by atoms with Gasteiger partial charge in [0.1, 0.15) is 0 Å². The molecule has 1 unspecified atom stereocenters. The van der Waals surface area contributed by atoms with E-state index in [2.05, 4.69) is 0 Å². The largest absolute Gasteiger partial charge is 0.395 e. The van der Waals surface area contributed by atoms with Crippen LogP contribution in [-0.2, 0) is 6.54 Å². The van der Waals surface area contributed by atoms with Crippen LogP contribution in [-0.4, -0.2) is 6.18 Å². The Bertz CT molecular complexity index is 306. The number of halogens is 3. The fourth-order valence-electron chi connectivity index (χ4n) is 1.32. The van der Waals surface area contributed by atoms with E-state index in [1.54, 1.807) is 18.2 Å². The summed E-state index contributed by atoms with van der Waals surface area (Å²) in [6.45, 7) is 1.28. The Morgan fingerprint density at radius 2 is 1.86 bits per heavy atom. The lowest BCUT2D eigenvalue weighted by Crippen LogP contribution is -2.19. The summed E-state index contributed by atoms with van der Waals surface area (Å²) in [5.74, 6) is -1.46. The third-order valence-corrected chi connectivity index (χ3v) is 2.23. The van der Waals surface area contributed by atoms with Crippen LogP contribution in [0.1, 0.15) is 24.0 Å². The lowest BCUT2D eigenvalue weighted by molar-refractivity contribution is -0.146. The normalized spacial score (nSPS) is 14.1. The van der Waals surface area contributed by atoms with Crippen LogP contribution in [0, 0.1) is 0 Å². The van der Waals surface area contributed by atoms with Gasteiger partial charge in [-0.15, -0.1) is 0 Å². The molecule has 0 saturated heterocycles. The van der Waals surface area contributed by atoms with Crippen molar-refractivity contribution in [2.45, 2.75) is 25.6 Å². The second-order valence-electron chi connectivity index (χ2n) is 3.17. The van der Waals surface area contributed by atoms with E-state index in [-0.39, 0.29) is 12.1 Å². The topological polar surface area (TPSA) is 26.0 Å². The number of nitrogens with two attached hydrogens (primary N) is 1. The smallest absolute Gasteiger partial charge is 0.326 e. The Balaban J connectivity index is 3.06. The number of hydrogen-bond acceptors (Lipinski definition) is 1. The monoisotopic (exact) mass is 203 g/mol. The maximum atomic E-state index is 12.4. The van der Waals surface area contributed by atoms with Gasteiger partial charge in [-0.1, -0.05) is 24.3 Å². The van der Waals surface area contributed by atoms with Crippen molar-refractivity contribution < 1.29 is 13.2 Å². The van der Waals surface area contributed by atoms with Crippen LogP contribution in [0.2, 0.25) is 0 Å². The molecule has 1 aromatic rings. The minimum atomic E-state index is -4.20. The summed E-state index contributed by atoms with van der Waals surface area (Å²) in [4.78, 5) is 0. The van der Waals surface area contributed by atoms with Crippen LogP contribution in [0.15, 0.2) is 24.3 Å². The van der Waals surface area contributed by atoms with E-state index in [1.165, 1.54) is 6.07 Å². The quantitative estimate of drug-likeness (QED) is 0.785. The molecule has 1 nitrogen and oxygen atoms in total. The molecule has 0 aliphatic carbocycles. The van der Waals surface area contributed by atoms with E-state index in [1.807, 2.05) is 0 Å². The van der Waals surface area contributed by atoms with E-state index in [0.29, 0.717) is 5.56 Å². The van der Waals surface area contributed by atoms with Crippen LogP contribution in [0.4, 0.5) is 13.2 Å². The second kappa shape index (κ2) is 4.00. The zero-order valence-corrected chi connectivity index (χ0v) is 7.81. The Hall–Kier alpha value is -1.03. The van der Waals surface area contributed by atoms with Crippen LogP contribution in [0.25, 0.3) is 0 Å². The fourth-order valence-corrected chi connectivity index (χ4v) is 1.32. The standard InChI is InChI=1S/C10H12F3N/c1-7(10(11,12)13)9-5-3-2-4-8(9)6-14/h2-5,7H,6,14H2,1H3. The molecule has 1 aromatic carbocycles. The predicted molar refractivity (Wildman–Crippen MR) is 48.8 cm³/mol. The highest BCUT2D eigenvalue weighted by Crippen LogP contribution is 2.35. The van der Waals surface area contributed by atoms with Crippen molar-refractivity contribution in [3.8, 4) is 0 Å². The average Bonchev–Trinajstić information content (AvgIpc) is 2.15. The van der Waals surface area contributed by atoms with E-state index in [9.17, 15) is 13.2 Å². The molecule has 0 fully saturated rings. The first-order chi connectivity index (χ1) is 6.46. The molecule has 0 heterocycles. The first-order valence-electron chi connectivity index (χ1n) is 4.31. The summed E-state index contributed by atoms with van der Waals surface area (Å²) >= 11 is 0. The SMILES string of the molecule is CC(c1ccccc1CN)C(F)(F)F. The van der Waals surface area contributed by atoms with Gasteiger partial charge in [0.25, 0.3) is 0 Å². The van der Waals surface area contributed by atoms with Gasteiger partial charge in [0, 0.05) is 6.54 Å². The van der Waals surface area contributed by atoms with E-state index in [4.69, 9.17) is 5.73 Å². The molecule has 0 radical (unpaired) electrons. The van der Waals surface area contributed by atoms with Crippen molar-refractivity contribution >= 4 is 0 Å². The van der Waals surface area contributed by atoms with Crippen molar-refractivity contribution in [3.63, 3.8) is 0 Å². The maximum Gasteiger partial charge on any atom is 0.395 e. The average molecular weight is 203 g/mol. The van der Waals surface area contributed by atoms with E-state index < -0.39 is 12.1 Å². The highest BCUT2D eigenvalue weighted by molar-refractivity contribution is 5.30. The van der Waals surface area contributed by atoms with Gasteiger partial charge in [-0.3, -0.25) is 0 Å². The van der Waals surface area contributed by atoms with E-state index >= 15 is 0 Å². The summed E-state index contributed by atoms with van der Waals surface area (Å²) in [5, 5.41) is 0. The first kappa shape index (κ1) is 11.0. The van der Waals surface area contributed by atoms with Crippen LogP contribution >= 0.6 is 0 Å². The van der Waals surface area contributed by atoms with Crippen molar-refractivity contribution in [2.75, 3.05) is 0 Å². The third kappa shape index (κ3) is 2.26. The Morgan fingerprint density at radius 1 is 1.29 bits per heavy atom. The van der Waals surface area contributed by atoms with Crippen LogP contribution in [0.3, 0.4) is 0 Å². The summed E-state index contributed by atoms with van der Waals surface area (Å²) in [7, 11) is 0. The molecule has 1 atom stereocenters. The zero-order chi connectivity index (χ0) is 10.8. The molecule has 4 heteroatoms. The zero-order valence-electron chi connectivity index (χ0n) is 7.81.